The van der Waals surface area contributed by atoms with Gasteiger partial charge in [0.2, 0.25) is 5.91 Å². The Hall–Kier alpha value is -0.700. The van der Waals surface area contributed by atoms with Gasteiger partial charge in [0.15, 0.2) is 0 Å². The molecule has 0 aromatic heterocycles. The number of amides is 1. The Bertz CT molecular complexity index is 343. The smallest absolute Gasteiger partial charge is 0.282 e. The van der Waals surface area contributed by atoms with Gasteiger partial charge in [-0.3, -0.25) is 4.79 Å². The lowest BCUT2D eigenvalue weighted by atomic mass is 10.4. The number of rotatable bonds is 5. The molecule has 0 unspecified atom stereocenters. The van der Waals surface area contributed by atoms with Crippen LogP contribution in [0, 0.1) is 0 Å². The van der Waals surface area contributed by atoms with E-state index in [1.54, 1.807) is 0 Å². The number of carbonyl (C=O) groups excluding carboxylic acids is 1. The molecule has 1 aliphatic heterocycles. The summed E-state index contributed by atoms with van der Waals surface area (Å²) in [7, 11) is -2.02. The molecule has 0 radical (unpaired) electrons. The summed E-state index contributed by atoms with van der Waals surface area (Å²) < 4.78 is 26.4. The van der Waals surface area contributed by atoms with Crippen LogP contribution in [0.4, 0.5) is 0 Å². The number of nitrogens with two attached hydrogens (primary N) is 1. The molecule has 7 nitrogen and oxygen atoms in total. The Morgan fingerprint density at radius 2 is 2.25 bits per heavy atom. The monoisotopic (exact) mass is 250 g/mol. The van der Waals surface area contributed by atoms with E-state index in [1.165, 1.54) is 15.7 Å². The van der Waals surface area contributed by atoms with Crippen LogP contribution >= 0.6 is 0 Å². The van der Waals surface area contributed by atoms with Gasteiger partial charge in [-0.05, 0) is 13.0 Å². The van der Waals surface area contributed by atoms with Crippen molar-refractivity contribution in [1.29, 1.82) is 0 Å². The van der Waals surface area contributed by atoms with Crippen molar-refractivity contribution in [2.75, 3.05) is 39.8 Å². The highest BCUT2D eigenvalue weighted by molar-refractivity contribution is 7.86. The molecule has 1 fully saturated rings. The molecule has 0 aromatic carbocycles. The highest BCUT2D eigenvalue weighted by Gasteiger charge is 2.30. The summed E-state index contributed by atoms with van der Waals surface area (Å²) in [5.41, 5.74) is 5.32. The number of hydrogen-bond acceptors (Lipinski definition) is 4. The van der Waals surface area contributed by atoms with Gasteiger partial charge in [-0.25, -0.2) is 0 Å². The lowest BCUT2D eigenvalue weighted by Gasteiger charge is -2.29. The molecule has 94 valence electrons. The molecule has 3 N–H and O–H groups in total. The standard InChI is InChI=1S/C8H18N4O3S/c1-11(5-2-3-9)16(14,15)12-6-4-10-8(13)7-12/h2-7,9H2,1H3,(H,10,13). The highest BCUT2D eigenvalue weighted by Crippen LogP contribution is 2.08. The van der Waals surface area contributed by atoms with Gasteiger partial charge >= 0.3 is 0 Å². The third kappa shape index (κ3) is 3.14. The van der Waals surface area contributed by atoms with Crippen molar-refractivity contribution in [2.24, 2.45) is 5.73 Å². The van der Waals surface area contributed by atoms with E-state index in [-0.39, 0.29) is 12.5 Å². The molecular formula is C8H18N4O3S. The average Bonchev–Trinajstić information content (AvgIpc) is 2.25. The van der Waals surface area contributed by atoms with Crippen molar-refractivity contribution in [3.63, 3.8) is 0 Å². The maximum atomic E-state index is 12.0. The lowest BCUT2D eigenvalue weighted by Crippen LogP contribution is -2.53. The van der Waals surface area contributed by atoms with Crippen LogP contribution in [-0.4, -0.2) is 62.7 Å². The largest absolute Gasteiger partial charge is 0.354 e. The highest BCUT2D eigenvalue weighted by atomic mass is 32.2. The molecule has 16 heavy (non-hydrogen) atoms. The number of nitrogens with one attached hydrogen (secondary N) is 1. The first-order valence-electron chi connectivity index (χ1n) is 5.16. The van der Waals surface area contributed by atoms with Crippen molar-refractivity contribution in [1.82, 2.24) is 13.9 Å². The zero-order chi connectivity index (χ0) is 12.2. The van der Waals surface area contributed by atoms with Gasteiger partial charge in [0.1, 0.15) is 0 Å². The maximum absolute atomic E-state index is 12.0. The van der Waals surface area contributed by atoms with Crippen molar-refractivity contribution >= 4 is 16.1 Å². The normalized spacial score (nSPS) is 18.8. The van der Waals surface area contributed by atoms with Crippen LogP contribution in [0.25, 0.3) is 0 Å². The zero-order valence-electron chi connectivity index (χ0n) is 9.35. The molecule has 1 aliphatic rings. The minimum Gasteiger partial charge on any atom is -0.354 e. The lowest BCUT2D eigenvalue weighted by molar-refractivity contribution is -0.122. The molecule has 0 spiro atoms. The Labute approximate surface area is 95.8 Å². The minimum atomic E-state index is -3.52. The van der Waals surface area contributed by atoms with E-state index in [2.05, 4.69) is 5.32 Å². The van der Waals surface area contributed by atoms with E-state index in [4.69, 9.17) is 5.73 Å². The van der Waals surface area contributed by atoms with Gasteiger partial charge < -0.3 is 11.1 Å². The Kier molecular flexibility index (Phi) is 4.66. The molecule has 0 saturated carbocycles. The molecule has 1 saturated heterocycles. The summed E-state index contributed by atoms with van der Waals surface area (Å²) >= 11 is 0. The molecule has 1 amide bonds. The summed E-state index contributed by atoms with van der Waals surface area (Å²) in [6.07, 6.45) is 0.607. The molecule has 8 heteroatoms. The summed E-state index contributed by atoms with van der Waals surface area (Å²) in [6.45, 7) is 1.40. The van der Waals surface area contributed by atoms with Gasteiger partial charge in [0.05, 0.1) is 6.54 Å². The van der Waals surface area contributed by atoms with Crippen LogP contribution in [0.3, 0.4) is 0 Å². The average molecular weight is 250 g/mol. The van der Waals surface area contributed by atoms with E-state index in [9.17, 15) is 13.2 Å². The number of piperazine rings is 1. The maximum Gasteiger partial charge on any atom is 0.282 e. The number of hydrogen-bond donors (Lipinski definition) is 2. The molecule has 0 bridgehead atoms. The van der Waals surface area contributed by atoms with Crippen LogP contribution in [-0.2, 0) is 15.0 Å². The van der Waals surface area contributed by atoms with E-state index >= 15 is 0 Å². The fourth-order valence-electron chi connectivity index (χ4n) is 1.44. The van der Waals surface area contributed by atoms with E-state index < -0.39 is 10.2 Å². The van der Waals surface area contributed by atoms with Gasteiger partial charge in [-0.1, -0.05) is 0 Å². The predicted octanol–water partition coefficient (Wildman–Crippen LogP) is -2.06. The van der Waals surface area contributed by atoms with E-state index in [0.29, 0.717) is 32.6 Å². The fraction of sp³-hybridized carbons (Fsp3) is 0.875. The van der Waals surface area contributed by atoms with Gasteiger partial charge in [0, 0.05) is 26.7 Å². The number of nitrogens with zero attached hydrogens (tertiary/aromatic N) is 2. The second kappa shape index (κ2) is 5.58. The second-order valence-electron chi connectivity index (χ2n) is 3.66. The van der Waals surface area contributed by atoms with Gasteiger partial charge in [-0.2, -0.15) is 17.0 Å². The Morgan fingerprint density at radius 3 is 2.81 bits per heavy atom. The molecule has 0 aliphatic carbocycles. The van der Waals surface area contributed by atoms with Crippen LogP contribution in [0.5, 0.6) is 0 Å². The van der Waals surface area contributed by atoms with E-state index in [1.807, 2.05) is 0 Å². The summed E-state index contributed by atoms with van der Waals surface area (Å²) in [4.78, 5) is 11.1. The molecular weight excluding hydrogens is 232 g/mol. The molecule has 1 rings (SSSR count). The van der Waals surface area contributed by atoms with Crippen molar-refractivity contribution < 1.29 is 13.2 Å². The minimum absolute atomic E-state index is 0.102. The summed E-state index contributed by atoms with van der Waals surface area (Å²) in [5.74, 6) is -0.262. The quantitative estimate of drug-likeness (QED) is 0.586. The van der Waals surface area contributed by atoms with Crippen molar-refractivity contribution in [2.45, 2.75) is 6.42 Å². The summed E-state index contributed by atoms with van der Waals surface area (Å²) in [6, 6.07) is 0. The summed E-state index contributed by atoms with van der Waals surface area (Å²) in [5, 5.41) is 2.58. The second-order valence-corrected chi connectivity index (χ2v) is 5.69. The van der Waals surface area contributed by atoms with Crippen LogP contribution < -0.4 is 11.1 Å². The Balaban J connectivity index is 2.64. The topological polar surface area (TPSA) is 95.7 Å². The first-order chi connectivity index (χ1) is 7.48. The Morgan fingerprint density at radius 1 is 1.56 bits per heavy atom. The first-order valence-corrected chi connectivity index (χ1v) is 6.56. The fourth-order valence-corrected chi connectivity index (χ4v) is 2.79. The number of carbonyl (C=O) groups is 1. The zero-order valence-corrected chi connectivity index (χ0v) is 10.2. The third-order valence-corrected chi connectivity index (χ3v) is 4.34. The van der Waals surface area contributed by atoms with Crippen LogP contribution in [0.2, 0.25) is 0 Å². The predicted molar refractivity (Wildman–Crippen MR) is 59.8 cm³/mol. The first kappa shape index (κ1) is 13.4. The molecule has 0 aromatic rings. The molecule has 0 atom stereocenters. The third-order valence-electron chi connectivity index (χ3n) is 2.40. The van der Waals surface area contributed by atoms with Crippen molar-refractivity contribution in [3.05, 3.63) is 0 Å². The van der Waals surface area contributed by atoms with Gasteiger partial charge in [-0.15, -0.1) is 0 Å². The van der Waals surface area contributed by atoms with E-state index in [0.717, 1.165) is 0 Å². The van der Waals surface area contributed by atoms with Crippen molar-refractivity contribution in [3.8, 4) is 0 Å². The SMILES string of the molecule is CN(CCCN)S(=O)(=O)N1CCNC(=O)C1. The molecule has 1 heterocycles. The van der Waals surface area contributed by atoms with Crippen LogP contribution in [0.1, 0.15) is 6.42 Å². The van der Waals surface area contributed by atoms with Gasteiger partial charge in [0.25, 0.3) is 10.2 Å². The van der Waals surface area contributed by atoms with Crippen LogP contribution in [0.15, 0.2) is 0 Å².